The molecule has 4 rings (SSSR count). The van der Waals surface area contributed by atoms with E-state index in [-0.39, 0.29) is 5.56 Å². The van der Waals surface area contributed by atoms with Gasteiger partial charge < -0.3 is 10.4 Å². The van der Waals surface area contributed by atoms with Gasteiger partial charge >= 0.3 is 5.97 Å². The highest BCUT2D eigenvalue weighted by Crippen LogP contribution is 2.32. The fraction of sp³-hybridized carbons (Fsp3) is 0.240. The molecule has 0 aliphatic carbocycles. The molecule has 0 radical (unpaired) electrons. The van der Waals surface area contributed by atoms with Crippen LogP contribution in [0.1, 0.15) is 45.9 Å². The zero-order chi connectivity index (χ0) is 22.1. The predicted octanol–water partition coefficient (Wildman–Crippen LogP) is 6.54. The molecule has 2 aromatic carbocycles. The summed E-state index contributed by atoms with van der Waals surface area (Å²) >= 11 is 1.72. The summed E-state index contributed by atoms with van der Waals surface area (Å²) < 4.78 is 0. The Bertz CT molecular complexity index is 1270. The van der Waals surface area contributed by atoms with Crippen LogP contribution < -0.4 is 5.32 Å². The van der Waals surface area contributed by atoms with Crippen LogP contribution in [0.2, 0.25) is 0 Å². The second kappa shape index (κ2) is 8.47. The number of anilines is 2. The van der Waals surface area contributed by atoms with Gasteiger partial charge in [-0.1, -0.05) is 26.0 Å². The first kappa shape index (κ1) is 21.0. The molecule has 0 spiro atoms. The Morgan fingerprint density at radius 3 is 2.39 bits per heavy atom. The van der Waals surface area contributed by atoms with E-state index in [1.165, 1.54) is 10.4 Å². The molecule has 6 heteroatoms. The maximum Gasteiger partial charge on any atom is 0.335 e. The van der Waals surface area contributed by atoms with Crippen molar-refractivity contribution >= 4 is 39.6 Å². The molecule has 5 nitrogen and oxygen atoms in total. The first-order chi connectivity index (χ1) is 14.9. The number of carbonyl (C=O) groups is 1. The van der Waals surface area contributed by atoms with Gasteiger partial charge in [-0.3, -0.25) is 0 Å². The lowest BCUT2D eigenvalue weighted by molar-refractivity contribution is 0.0697. The molecule has 2 N–H and O–H groups in total. The molecule has 31 heavy (non-hydrogen) atoms. The third-order valence-corrected chi connectivity index (χ3v) is 6.67. The third kappa shape index (κ3) is 4.16. The van der Waals surface area contributed by atoms with E-state index in [0.717, 1.165) is 57.1 Å². The summed E-state index contributed by atoms with van der Waals surface area (Å²) in [6.45, 7) is 8.47. The van der Waals surface area contributed by atoms with Crippen LogP contribution in [0.5, 0.6) is 0 Å². The van der Waals surface area contributed by atoms with Gasteiger partial charge in [0.2, 0.25) is 0 Å². The van der Waals surface area contributed by atoms with Gasteiger partial charge in [-0.2, -0.15) is 0 Å². The minimum atomic E-state index is -0.920. The average molecular weight is 432 g/mol. The van der Waals surface area contributed by atoms with E-state index in [0.29, 0.717) is 0 Å². The number of aryl methyl sites for hydroxylation is 3. The van der Waals surface area contributed by atoms with Crippen molar-refractivity contribution < 1.29 is 9.90 Å². The summed E-state index contributed by atoms with van der Waals surface area (Å²) in [5, 5.41) is 14.6. The molecule has 0 bridgehead atoms. The van der Waals surface area contributed by atoms with Gasteiger partial charge in [-0.25, -0.2) is 14.8 Å². The molecule has 0 saturated carbocycles. The van der Waals surface area contributed by atoms with Crippen LogP contribution in [0.4, 0.5) is 11.5 Å². The predicted molar refractivity (Wildman–Crippen MR) is 128 cm³/mol. The highest BCUT2D eigenvalue weighted by molar-refractivity contribution is 7.15. The van der Waals surface area contributed by atoms with E-state index >= 15 is 0 Å². The second-order valence-electron chi connectivity index (χ2n) is 7.58. The Morgan fingerprint density at radius 2 is 1.74 bits per heavy atom. The summed E-state index contributed by atoms with van der Waals surface area (Å²) in [6, 6.07) is 13.2. The lowest BCUT2D eigenvalue weighted by atomic mass is 10.1. The van der Waals surface area contributed by atoms with Crippen molar-refractivity contribution in [2.45, 2.75) is 40.5 Å². The smallest absolute Gasteiger partial charge is 0.335 e. The van der Waals surface area contributed by atoms with Crippen LogP contribution in [-0.4, -0.2) is 21.0 Å². The minimum absolute atomic E-state index is 0.288. The molecular weight excluding hydrogens is 406 g/mol. The SMILES string of the molecule is CCc1nc(-c2cc(C)c(C)s2)nc(Nc2ccc3cc(C(=O)O)ccc3c2)c1CC. The summed E-state index contributed by atoms with van der Waals surface area (Å²) in [7, 11) is 0. The molecule has 4 aromatic rings. The molecule has 158 valence electrons. The van der Waals surface area contributed by atoms with Gasteiger partial charge in [-0.15, -0.1) is 11.3 Å². The summed E-state index contributed by atoms with van der Waals surface area (Å²) in [5.74, 6) is 0.663. The molecule has 0 atom stereocenters. The average Bonchev–Trinajstić information content (AvgIpc) is 3.11. The van der Waals surface area contributed by atoms with E-state index < -0.39 is 5.97 Å². The number of carboxylic acids is 1. The van der Waals surface area contributed by atoms with Gasteiger partial charge in [0.25, 0.3) is 0 Å². The number of nitrogens with zero attached hydrogens (tertiary/aromatic N) is 2. The Kier molecular flexibility index (Phi) is 5.74. The molecule has 0 aliphatic rings. The second-order valence-corrected chi connectivity index (χ2v) is 8.84. The zero-order valence-electron chi connectivity index (χ0n) is 18.1. The summed E-state index contributed by atoms with van der Waals surface area (Å²) in [6.07, 6.45) is 1.68. The Morgan fingerprint density at radius 1 is 1.00 bits per heavy atom. The van der Waals surface area contributed by atoms with Crippen molar-refractivity contribution in [3.05, 3.63) is 69.7 Å². The van der Waals surface area contributed by atoms with Gasteiger partial charge in [0, 0.05) is 21.8 Å². The topological polar surface area (TPSA) is 75.1 Å². The summed E-state index contributed by atoms with van der Waals surface area (Å²) in [4.78, 5) is 23.4. The number of rotatable bonds is 6. The normalized spacial score (nSPS) is 11.1. The number of hydrogen-bond donors (Lipinski definition) is 2. The first-order valence-electron chi connectivity index (χ1n) is 10.4. The number of thiophene rings is 1. The number of benzene rings is 2. The number of fused-ring (bicyclic) bond motifs is 1. The number of aromatic nitrogens is 2. The van der Waals surface area contributed by atoms with Crippen molar-refractivity contribution in [2.75, 3.05) is 5.32 Å². The molecular formula is C25H25N3O2S. The van der Waals surface area contributed by atoms with Gasteiger partial charge in [0.1, 0.15) is 5.82 Å². The first-order valence-corrected chi connectivity index (χ1v) is 11.2. The molecule has 0 saturated heterocycles. The van der Waals surface area contributed by atoms with Crippen LogP contribution in [0.15, 0.2) is 42.5 Å². The van der Waals surface area contributed by atoms with Gasteiger partial charge in [0.15, 0.2) is 5.82 Å². The van der Waals surface area contributed by atoms with Crippen LogP contribution >= 0.6 is 11.3 Å². The van der Waals surface area contributed by atoms with Crippen molar-refractivity contribution in [3.8, 4) is 10.7 Å². The van der Waals surface area contributed by atoms with E-state index in [1.807, 2.05) is 24.3 Å². The molecule has 2 heterocycles. The van der Waals surface area contributed by atoms with Crippen molar-refractivity contribution in [1.82, 2.24) is 9.97 Å². The quantitative estimate of drug-likeness (QED) is 0.362. The lowest BCUT2D eigenvalue weighted by Gasteiger charge is -2.15. The third-order valence-electron chi connectivity index (χ3n) is 5.52. The standard InChI is InChI=1S/C25H25N3O2S/c1-5-20-21(6-2)27-24(22-11-14(3)15(4)31-22)28-23(20)26-19-10-9-16-12-18(25(29)30)8-7-17(16)13-19/h7-13H,5-6H2,1-4H3,(H,29,30)(H,26,27,28). The number of nitrogens with one attached hydrogen (secondary N) is 1. The Balaban J connectivity index is 1.76. The summed E-state index contributed by atoms with van der Waals surface area (Å²) in [5.41, 5.74) is 4.64. The lowest BCUT2D eigenvalue weighted by Crippen LogP contribution is -2.06. The van der Waals surface area contributed by atoms with Gasteiger partial charge in [0.05, 0.1) is 10.4 Å². The molecule has 0 fully saturated rings. The number of carboxylic acid groups (broad SMARTS) is 1. The van der Waals surface area contributed by atoms with E-state index in [1.54, 1.807) is 23.5 Å². The van der Waals surface area contributed by atoms with Gasteiger partial charge in [-0.05, 0) is 73.4 Å². The largest absolute Gasteiger partial charge is 0.478 e. The van der Waals surface area contributed by atoms with Crippen LogP contribution in [0, 0.1) is 13.8 Å². The van der Waals surface area contributed by atoms with Crippen molar-refractivity contribution in [2.24, 2.45) is 0 Å². The Labute approximate surface area is 185 Å². The fourth-order valence-corrected chi connectivity index (χ4v) is 4.65. The van der Waals surface area contributed by atoms with E-state index in [4.69, 9.17) is 9.97 Å². The van der Waals surface area contributed by atoms with Crippen LogP contribution in [-0.2, 0) is 12.8 Å². The minimum Gasteiger partial charge on any atom is -0.478 e. The highest BCUT2D eigenvalue weighted by Gasteiger charge is 2.16. The van der Waals surface area contributed by atoms with Crippen molar-refractivity contribution in [3.63, 3.8) is 0 Å². The van der Waals surface area contributed by atoms with Crippen molar-refractivity contribution in [1.29, 1.82) is 0 Å². The fourth-order valence-electron chi connectivity index (χ4n) is 3.68. The monoisotopic (exact) mass is 431 g/mol. The number of aromatic carboxylic acids is 1. The molecule has 0 aliphatic heterocycles. The maximum atomic E-state index is 11.2. The molecule has 2 aromatic heterocycles. The van der Waals surface area contributed by atoms with E-state index in [2.05, 4.69) is 39.1 Å². The highest BCUT2D eigenvalue weighted by atomic mass is 32.1. The maximum absolute atomic E-state index is 11.2. The zero-order valence-corrected chi connectivity index (χ0v) is 18.9. The molecule has 0 unspecified atom stereocenters. The molecule has 0 amide bonds. The van der Waals surface area contributed by atoms with Crippen LogP contribution in [0.3, 0.4) is 0 Å². The van der Waals surface area contributed by atoms with Crippen LogP contribution in [0.25, 0.3) is 21.5 Å². The van der Waals surface area contributed by atoms with E-state index in [9.17, 15) is 9.90 Å². The number of hydrogen-bond acceptors (Lipinski definition) is 5. The Hall–Kier alpha value is -3.25.